The number of benzene rings is 1. The summed E-state index contributed by atoms with van der Waals surface area (Å²) in [5, 5.41) is 2.87. The van der Waals surface area contributed by atoms with E-state index >= 15 is 0 Å². The molecule has 0 spiro atoms. The standard InChI is InChI=1S/C21H32N4O3/c1-17(2)11-14-24-25-16-22-12-5-6-13-23-21(26)10-8-18-7-9-19(27-3)20(15-18)28-4/h7-11,15-16,24H,5-6,12-14H2,1-4H3,(H,22,25)(H,23,26)/b10-8+. The second kappa shape index (κ2) is 14.3. The fourth-order valence-corrected chi connectivity index (χ4v) is 2.20. The van der Waals surface area contributed by atoms with Gasteiger partial charge >= 0.3 is 0 Å². The normalized spacial score (nSPS) is 10.9. The molecule has 1 rings (SSSR count). The van der Waals surface area contributed by atoms with Crippen LogP contribution in [0, 0.1) is 0 Å². The number of amides is 1. The zero-order chi connectivity index (χ0) is 20.6. The van der Waals surface area contributed by atoms with E-state index in [4.69, 9.17) is 9.47 Å². The van der Waals surface area contributed by atoms with Crippen LogP contribution in [0.15, 0.2) is 40.9 Å². The maximum absolute atomic E-state index is 11.9. The molecule has 3 N–H and O–H groups in total. The van der Waals surface area contributed by atoms with E-state index in [-0.39, 0.29) is 5.91 Å². The van der Waals surface area contributed by atoms with E-state index in [9.17, 15) is 4.79 Å². The number of nitrogens with one attached hydrogen (secondary N) is 3. The van der Waals surface area contributed by atoms with E-state index in [1.165, 1.54) is 11.6 Å². The van der Waals surface area contributed by atoms with E-state index in [0.717, 1.165) is 24.9 Å². The monoisotopic (exact) mass is 388 g/mol. The van der Waals surface area contributed by atoms with Gasteiger partial charge in [-0.1, -0.05) is 17.7 Å². The number of methoxy groups -OCH3 is 2. The lowest BCUT2D eigenvalue weighted by Gasteiger charge is -2.07. The molecule has 0 bridgehead atoms. The first-order chi connectivity index (χ1) is 13.6. The minimum absolute atomic E-state index is 0.122. The number of carbonyl (C=O) groups is 1. The van der Waals surface area contributed by atoms with Crippen LogP contribution in [0.5, 0.6) is 11.5 Å². The fourth-order valence-electron chi connectivity index (χ4n) is 2.20. The van der Waals surface area contributed by atoms with Crippen molar-refractivity contribution in [1.82, 2.24) is 16.2 Å². The number of carbonyl (C=O) groups excluding carboxylic acids is 1. The Labute approximate surface area is 167 Å². The average Bonchev–Trinajstić information content (AvgIpc) is 2.69. The molecule has 0 aliphatic heterocycles. The zero-order valence-electron chi connectivity index (χ0n) is 17.2. The number of allylic oxidation sites excluding steroid dienone is 1. The lowest BCUT2D eigenvalue weighted by Crippen LogP contribution is -2.30. The van der Waals surface area contributed by atoms with Gasteiger partial charge in [-0.05, 0) is 50.5 Å². The Hall–Kier alpha value is -2.80. The first-order valence-electron chi connectivity index (χ1n) is 9.34. The van der Waals surface area contributed by atoms with E-state index in [1.807, 2.05) is 18.2 Å². The summed E-state index contributed by atoms with van der Waals surface area (Å²) in [4.78, 5) is 16.1. The van der Waals surface area contributed by atoms with Crippen LogP contribution in [-0.2, 0) is 4.79 Å². The number of hydrazine groups is 1. The summed E-state index contributed by atoms with van der Waals surface area (Å²) < 4.78 is 10.4. The molecule has 0 atom stereocenters. The quantitative estimate of drug-likeness (QED) is 0.121. The summed E-state index contributed by atoms with van der Waals surface area (Å²) in [6.07, 6.45) is 8.79. The molecule has 0 heterocycles. The van der Waals surface area contributed by atoms with Gasteiger partial charge in [0, 0.05) is 25.7 Å². The molecular weight excluding hydrogens is 356 g/mol. The zero-order valence-corrected chi connectivity index (χ0v) is 17.2. The lowest BCUT2D eigenvalue weighted by atomic mass is 10.2. The average molecular weight is 389 g/mol. The summed E-state index contributed by atoms with van der Waals surface area (Å²) in [7, 11) is 3.17. The van der Waals surface area contributed by atoms with Crippen LogP contribution in [0.4, 0.5) is 0 Å². The van der Waals surface area contributed by atoms with E-state index in [0.29, 0.717) is 24.6 Å². The van der Waals surface area contributed by atoms with Crippen molar-refractivity contribution in [3.63, 3.8) is 0 Å². The van der Waals surface area contributed by atoms with Crippen LogP contribution >= 0.6 is 0 Å². The Kier molecular flexibility index (Phi) is 11.9. The molecule has 1 aromatic rings. The molecular formula is C21H32N4O3. The van der Waals surface area contributed by atoms with E-state index < -0.39 is 0 Å². The number of hydrogen-bond acceptors (Lipinski definition) is 5. The van der Waals surface area contributed by atoms with Crippen molar-refractivity contribution >= 4 is 18.3 Å². The molecule has 0 radical (unpaired) electrons. The molecule has 154 valence electrons. The minimum atomic E-state index is -0.122. The molecule has 1 aromatic carbocycles. The minimum Gasteiger partial charge on any atom is -0.493 e. The van der Waals surface area contributed by atoms with Gasteiger partial charge < -0.3 is 20.2 Å². The van der Waals surface area contributed by atoms with Gasteiger partial charge in [0.15, 0.2) is 11.5 Å². The predicted octanol–water partition coefficient (Wildman–Crippen LogP) is 2.70. The Bertz CT molecular complexity index is 680. The van der Waals surface area contributed by atoms with Gasteiger partial charge in [-0.25, -0.2) is 5.43 Å². The third-order valence-corrected chi connectivity index (χ3v) is 3.72. The largest absolute Gasteiger partial charge is 0.493 e. The first kappa shape index (κ1) is 23.2. The van der Waals surface area contributed by atoms with E-state index in [2.05, 4.69) is 41.1 Å². The topological polar surface area (TPSA) is 84.0 Å². The molecule has 0 aromatic heterocycles. The molecule has 0 saturated carbocycles. The number of rotatable bonds is 13. The van der Waals surface area contributed by atoms with Crippen LogP contribution < -0.4 is 25.6 Å². The van der Waals surface area contributed by atoms with Gasteiger partial charge in [-0.2, -0.15) is 0 Å². The molecule has 1 amide bonds. The van der Waals surface area contributed by atoms with Crippen molar-refractivity contribution in [2.24, 2.45) is 4.99 Å². The summed E-state index contributed by atoms with van der Waals surface area (Å²) >= 11 is 0. The number of ether oxygens (including phenoxy) is 2. The maximum Gasteiger partial charge on any atom is 0.243 e. The van der Waals surface area contributed by atoms with Crippen molar-refractivity contribution in [3.8, 4) is 11.5 Å². The van der Waals surface area contributed by atoms with Crippen LogP contribution in [0.2, 0.25) is 0 Å². The highest BCUT2D eigenvalue weighted by Crippen LogP contribution is 2.27. The van der Waals surface area contributed by atoms with Crippen molar-refractivity contribution in [2.45, 2.75) is 26.7 Å². The van der Waals surface area contributed by atoms with Gasteiger partial charge in [-0.3, -0.25) is 9.79 Å². The van der Waals surface area contributed by atoms with Crippen molar-refractivity contribution in [3.05, 3.63) is 41.5 Å². The second-order valence-electron chi connectivity index (χ2n) is 6.29. The van der Waals surface area contributed by atoms with Crippen LogP contribution in [0.25, 0.3) is 6.08 Å². The Morgan fingerprint density at radius 3 is 2.64 bits per heavy atom. The van der Waals surface area contributed by atoms with Crippen molar-refractivity contribution < 1.29 is 14.3 Å². The highest BCUT2D eigenvalue weighted by atomic mass is 16.5. The molecule has 28 heavy (non-hydrogen) atoms. The van der Waals surface area contributed by atoms with Crippen LogP contribution in [0.3, 0.4) is 0 Å². The van der Waals surface area contributed by atoms with Crippen molar-refractivity contribution in [2.75, 3.05) is 33.9 Å². The van der Waals surface area contributed by atoms with Gasteiger partial charge in [0.25, 0.3) is 0 Å². The number of aliphatic imine (C=N–C) groups is 1. The fraction of sp³-hybridized carbons (Fsp3) is 0.429. The first-order valence-corrected chi connectivity index (χ1v) is 9.34. The van der Waals surface area contributed by atoms with Crippen LogP contribution in [-0.4, -0.2) is 46.1 Å². The highest BCUT2D eigenvalue weighted by Gasteiger charge is 2.03. The molecule has 0 aliphatic rings. The smallest absolute Gasteiger partial charge is 0.243 e. The number of hydrogen-bond donors (Lipinski definition) is 3. The summed E-state index contributed by atoms with van der Waals surface area (Å²) in [5.41, 5.74) is 8.07. The molecule has 0 aliphatic carbocycles. The number of unbranched alkanes of at least 4 members (excludes halogenated alkanes) is 1. The van der Waals surface area contributed by atoms with Gasteiger partial charge in [0.05, 0.1) is 20.6 Å². The van der Waals surface area contributed by atoms with Gasteiger partial charge in [-0.15, -0.1) is 0 Å². The maximum atomic E-state index is 11.9. The number of nitrogens with zero attached hydrogens (tertiary/aromatic N) is 1. The molecule has 0 fully saturated rings. The summed E-state index contributed by atoms with van der Waals surface area (Å²) in [6.45, 7) is 6.21. The van der Waals surface area contributed by atoms with Gasteiger partial charge in [0.2, 0.25) is 5.91 Å². The van der Waals surface area contributed by atoms with Crippen LogP contribution in [0.1, 0.15) is 32.3 Å². The Morgan fingerprint density at radius 2 is 1.93 bits per heavy atom. The Balaban J connectivity index is 2.17. The predicted molar refractivity (Wildman–Crippen MR) is 115 cm³/mol. The second-order valence-corrected chi connectivity index (χ2v) is 6.29. The summed E-state index contributed by atoms with van der Waals surface area (Å²) in [5.74, 6) is 1.17. The third-order valence-electron chi connectivity index (χ3n) is 3.72. The molecule has 7 nitrogen and oxygen atoms in total. The SMILES string of the molecule is COc1ccc(/C=C/C(=O)NCCCCN=CNNCC=C(C)C)cc1OC. The Morgan fingerprint density at radius 1 is 1.14 bits per heavy atom. The van der Waals surface area contributed by atoms with E-state index in [1.54, 1.807) is 26.6 Å². The third kappa shape index (κ3) is 10.4. The van der Waals surface area contributed by atoms with Gasteiger partial charge in [0.1, 0.15) is 0 Å². The molecule has 7 heteroatoms. The highest BCUT2D eigenvalue weighted by molar-refractivity contribution is 5.91. The summed E-state index contributed by atoms with van der Waals surface area (Å²) in [6, 6.07) is 5.50. The van der Waals surface area contributed by atoms with Crippen molar-refractivity contribution in [1.29, 1.82) is 0 Å². The lowest BCUT2D eigenvalue weighted by molar-refractivity contribution is -0.116. The molecule has 0 saturated heterocycles. The molecule has 0 unspecified atom stereocenters.